The number of amides is 4. The SMILES string of the molecule is COc1ccc(CCN2C(=O)NC(CCC(=O)NC(CO)CCSC)C2=O)cc1OC. The van der Waals surface area contributed by atoms with Crippen molar-refractivity contribution < 1.29 is 29.0 Å². The minimum Gasteiger partial charge on any atom is -0.493 e. The first-order chi connectivity index (χ1) is 14.9. The van der Waals surface area contributed by atoms with Crippen LogP contribution in [0, 0.1) is 0 Å². The molecule has 0 saturated carbocycles. The molecular weight excluding hydrogens is 422 g/mol. The molecule has 1 aromatic rings. The predicted octanol–water partition coefficient (Wildman–Crippen LogP) is 1.18. The number of carbonyl (C=O) groups excluding carboxylic acids is 3. The maximum absolute atomic E-state index is 12.6. The molecule has 0 radical (unpaired) electrons. The molecule has 1 aliphatic heterocycles. The molecule has 2 rings (SSSR count). The second kappa shape index (κ2) is 12.4. The number of nitrogens with zero attached hydrogens (tertiary/aromatic N) is 1. The van der Waals surface area contributed by atoms with Crippen LogP contribution < -0.4 is 20.1 Å². The fraction of sp³-hybridized carbons (Fsp3) is 0.571. The smallest absolute Gasteiger partial charge is 0.324 e. The third-order valence-electron chi connectivity index (χ3n) is 5.10. The molecule has 1 fully saturated rings. The highest BCUT2D eigenvalue weighted by molar-refractivity contribution is 7.98. The Morgan fingerprint density at radius 1 is 1.29 bits per heavy atom. The van der Waals surface area contributed by atoms with Crippen molar-refractivity contribution in [2.24, 2.45) is 0 Å². The first-order valence-corrected chi connectivity index (χ1v) is 11.5. The number of thioether (sulfide) groups is 1. The van der Waals surface area contributed by atoms with Crippen molar-refractivity contribution in [1.82, 2.24) is 15.5 Å². The van der Waals surface area contributed by atoms with Gasteiger partial charge in [-0.3, -0.25) is 14.5 Å². The van der Waals surface area contributed by atoms with E-state index < -0.39 is 12.1 Å². The molecule has 1 aliphatic rings. The monoisotopic (exact) mass is 453 g/mol. The molecule has 31 heavy (non-hydrogen) atoms. The van der Waals surface area contributed by atoms with E-state index in [1.165, 1.54) is 4.90 Å². The summed E-state index contributed by atoms with van der Waals surface area (Å²) in [6, 6.07) is 3.97. The molecule has 1 aromatic carbocycles. The van der Waals surface area contributed by atoms with Gasteiger partial charge in [0, 0.05) is 13.0 Å². The number of ether oxygens (including phenoxy) is 2. The van der Waals surface area contributed by atoms with Crippen molar-refractivity contribution in [3.05, 3.63) is 23.8 Å². The van der Waals surface area contributed by atoms with Crippen molar-refractivity contribution >= 4 is 29.6 Å². The normalized spacial score (nSPS) is 16.8. The van der Waals surface area contributed by atoms with Gasteiger partial charge in [-0.05, 0) is 49.0 Å². The number of methoxy groups -OCH3 is 2. The zero-order valence-corrected chi connectivity index (χ0v) is 19.0. The highest BCUT2D eigenvalue weighted by Crippen LogP contribution is 2.28. The lowest BCUT2D eigenvalue weighted by atomic mass is 10.1. The van der Waals surface area contributed by atoms with Crippen molar-refractivity contribution in [1.29, 1.82) is 0 Å². The van der Waals surface area contributed by atoms with Gasteiger partial charge in [-0.2, -0.15) is 11.8 Å². The van der Waals surface area contributed by atoms with Gasteiger partial charge in [-0.25, -0.2) is 4.79 Å². The van der Waals surface area contributed by atoms with E-state index in [-0.39, 0.29) is 43.8 Å². The van der Waals surface area contributed by atoms with Gasteiger partial charge in [0.1, 0.15) is 6.04 Å². The largest absolute Gasteiger partial charge is 0.493 e. The quantitative estimate of drug-likeness (QED) is 0.384. The minimum absolute atomic E-state index is 0.0932. The Labute approximate surface area is 186 Å². The third kappa shape index (κ3) is 7.03. The molecule has 0 aromatic heterocycles. The fourth-order valence-corrected chi connectivity index (χ4v) is 3.83. The third-order valence-corrected chi connectivity index (χ3v) is 5.74. The number of imide groups is 1. The molecule has 0 bridgehead atoms. The maximum Gasteiger partial charge on any atom is 0.324 e. The number of nitrogens with one attached hydrogen (secondary N) is 2. The van der Waals surface area contributed by atoms with Gasteiger partial charge in [0.25, 0.3) is 5.91 Å². The van der Waals surface area contributed by atoms with Crippen LogP contribution in [0.3, 0.4) is 0 Å². The summed E-state index contributed by atoms with van der Waals surface area (Å²) in [5.41, 5.74) is 0.904. The summed E-state index contributed by atoms with van der Waals surface area (Å²) in [5, 5.41) is 14.8. The van der Waals surface area contributed by atoms with Crippen LogP contribution in [0.15, 0.2) is 18.2 Å². The summed E-state index contributed by atoms with van der Waals surface area (Å²) in [7, 11) is 3.10. The Morgan fingerprint density at radius 2 is 2.03 bits per heavy atom. The molecule has 4 amide bonds. The molecule has 172 valence electrons. The number of benzene rings is 1. The molecule has 0 spiro atoms. The van der Waals surface area contributed by atoms with Gasteiger partial charge >= 0.3 is 6.03 Å². The molecule has 2 atom stereocenters. The van der Waals surface area contributed by atoms with E-state index in [0.29, 0.717) is 24.3 Å². The summed E-state index contributed by atoms with van der Waals surface area (Å²) in [6.45, 7) is 0.0967. The molecule has 1 saturated heterocycles. The van der Waals surface area contributed by atoms with E-state index in [0.717, 1.165) is 11.3 Å². The van der Waals surface area contributed by atoms with Crippen LogP contribution in [0.25, 0.3) is 0 Å². The lowest BCUT2D eigenvalue weighted by Gasteiger charge is -2.16. The number of aliphatic hydroxyl groups excluding tert-OH is 1. The van der Waals surface area contributed by atoms with Gasteiger partial charge in [0.05, 0.1) is 26.9 Å². The number of aliphatic hydroxyl groups is 1. The number of hydrogen-bond donors (Lipinski definition) is 3. The average molecular weight is 454 g/mol. The molecule has 2 unspecified atom stereocenters. The van der Waals surface area contributed by atoms with Crippen LogP contribution in [-0.2, 0) is 16.0 Å². The highest BCUT2D eigenvalue weighted by Gasteiger charge is 2.37. The van der Waals surface area contributed by atoms with Crippen LogP contribution in [0.5, 0.6) is 11.5 Å². The Morgan fingerprint density at radius 3 is 2.68 bits per heavy atom. The Bertz CT molecular complexity index is 775. The summed E-state index contributed by atoms with van der Waals surface area (Å²) in [6.07, 6.45) is 3.41. The van der Waals surface area contributed by atoms with Crippen LogP contribution in [0.4, 0.5) is 4.79 Å². The summed E-state index contributed by atoms with van der Waals surface area (Å²) < 4.78 is 10.5. The second-order valence-corrected chi connectivity index (χ2v) is 8.18. The van der Waals surface area contributed by atoms with Gasteiger partial charge in [0.15, 0.2) is 11.5 Å². The Balaban J connectivity index is 1.85. The molecular formula is C21H31N3O6S. The van der Waals surface area contributed by atoms with Crippen molar-refractivity contribution in [3.63, 3.8) is 0 Å². The lowest BCUT2D eigenvalue weighted by molar-refractivity contribution is -0.127. The van der Waals surface area contributed by atoms with E-state index in [4.69, 9.17) is 9.47 Å². The summed E-state index contributed by atoms with van der Waals surface area (Å²) in [5.74, 6) is 1.44. The van der Waals surface area contributed by atoms with Crippen molar-refractivity contribution in [2.45, 2.75) is 37.8 Å². The fourth-order valence-electron chi connectivity index (χ4n) is 3.31. The van der Waals surface area contributed by atoms with Crippen LogP contribution in [0.1, 0.15) is 24.8 Å². The standard InChI is InChI=1S/C21H31N3O6S/c1-29-17-6-4-14(12-18(17)30-2)8-10-24-20(27)16(23-21(24)28)5-7-19(26)22-15(13-25)9-11-31-3/h4,6,12,15-16,25H,5,7-11,13H2,1-3H3,(H,22,26)(H,23,28). The van der Waals surface area contributed by atoms with Crippen LogP contribution in [-0.4, -0.2) is 79.3 Å². The molecule has 1 heterocycles. The first-order valence-electron chi connectivity index (χ1n) is 10.1. The van der Waals surface area contributed by atoms with E-state index in [1.54, 1.807) is 32.0 Å². The number of carbonyl (C=O) groups is 3. The first kappa shape index (κ1) is 24.8. The van der Waals surface area contributed by atoms with E-state index in [1.807, 2.05) is 18.4 Å². The molecule has 3 N–H and O–H groups in total. The van der Waals surface area contributed by atoms with E-state index in [9.17, 15) is 19.5 Å². The lowest BCUT2D eigenvalue weighted by Crippen LogP contribution is -2.39. The zero-order chi connectivity index (χ0) is 22.8. The van der Waals surface area contributed by atoms with Crippen LogP contribution >= 0.6 is 11.8 Å². The van der Waals surface area contributed by atoms with Gasteiger partial charge in [0.2, 0.25) is 5.91 Å². The van der Waals surface area contributed by atoms with E-state index in [2.05, 4.69) is 10.6 Å². The average Bonchev–Trinajstić information content (AvgIpc) is 3.05. The number of urea groups is 1. The second-order valence-electron chi connectivity index (χ2n) is 7.20. The molecule has 0 aliphatic carbocycles. The Kier molecular flexibility index (Phi) is 9.93. The van der Waals surface area contributed by atoms with E-state index >= 15 is 0 Å². The minimum atomic E-state index is -0.720. The molecule has 10 heteroatoms. The van der Waals surface area contributed by atoms with Gasteiger partial charge in [-0.1, -0.05) is 6.07 Å². The van der Waals surface area contributed by atoms with Crippen molar-refractivity contribution in [2.75, 3.05) is 39.4 Å². The number of rotatable bonds is 13. The van der Waals surface area contributed by atoms with Gasteiger partial charge < -0.3 is 25.2 Å². The van der Waals surface area contributed by atoms with Crippen molar-refractivity contribution in [3.8, 4) is 11.5 Å². The summed E-state index contributed by atoms with van der Waals surface area (Å²) >= 11 is 1.64. The van der Waals surface area contributed by atoms with Crippen LogP contribution in [0.2, 0.25) is 0 Å². The number of hydrogen-bond acceptors (Lipinski definition) is 7. The summed E-state index contributed by atoms with van der Waals surface area (Å²) in [4.78, 5) is 38.2. The highest BCUT2D eigenvalue weighted by atomic mass is 32.2. The topological polar surface area (TPSA) is 117 Å². The predicted molar refractivity (Wildman–Crippen MR) is 119 cm³/mol. The maximum atomic E-state index is 12.6. The van der Waals surface area contributed by atoms with Gasteiger partial charge in [-0.15, -0.1) is 0 Å². The Hall–Kier alpha value is -2.46. The zero-order valence-electron chi connectivity index (χ0n) is 18.2. The molecule has 9 nitrogen and oxygen atoms in total.